The third kappa shape index (κ3) is 6.12. The minimum atomic E-state index is -0.578. The Kier molecular flexibility index (Phi) is 8.06. The molecule has 2 rings (SSSR count). The molecule has 150 valence electrons. The lowest BCUT2D eigenvalue weighted by atomic mass is 10.1. The Morgan fingerprint density at radius 2 is 1.96 bits per heavy atom. The summed E-state index contributed by atoms with van der Waals surface area (Å²) in [7, 11) is 1.61. The fourth-order valence-corrected chi connectivity index (χ4v) is 3.33. The molecule has 2 N–H and O–H groups in total. The zero-order chi connectivity index (χ0) is 20.5. The van der Waals surface area contributed by atoms with Crippen LogP contribution in [0.25, 0.3) is 0 Å². The van der Waals surface area contributed by atoms with Gasteiger partial charge in [-0.1, -0.05) is 23.9 Å². The number of aryl methyl sites for hydroxylation is 1. The molecular formula is C19H23N3O5S. The number of amides is 1. The molecule has 0 bridgehead atoms. The molecule has 0 radical (unpaired) electrons. The summed E-state index contributed by atoms with van der Waals surface area (Å²) in [4.78, 5) is 42.1. The van der Waals surface area contributed by atoms with E-state index in [1.807, 2.05) is 24.3 Å². The zero-order valence-electron chi connectivity index (χ0n) is 16.0. The van der Waals surface area contributed by atoms with E-state index in [-0.39, 0.29) is 28.9 Å². The number of nitrogens with zero attached hydrogens (tertiary/aromatic N) is 1. The van der Waals surface area contributed by atoms with Crippen molar-refractivity contribution in [2.75, 3.05) is 26.0 Å². The van der Waals surface area contributed by atoms with Gasteiger partial charge in [-0.2, -0.15) is 4.98 Å². The number of H-pyrrole nitrogens is 1. The van der Waals surface area contributed by atoms with Crippen LogP contribution in [0.1, 0.15) is 28.5 Å². The summed E-state index contributed by atoms with van der Waals surface area (Å²) in [5, 5.41) is 3.00. The SMILES string of the molecule is CCOC(=O)c1c(SCC(=O)NCCc2ccc(OC)cc2)nc(=O)[nH]c1C. The van der Waals surface area contributed by atoms with Gasteiger partial charge in [-0.05, 0) is 38.0 Å². The first kappa shape index (κ1) is 21.5. The summed E-state index contributed by atoms with van der Waals surface area (Å²) in [6, 6.07) is 7.61. The lowest BCUT2D eigenvalue weighted by Gasteiger charge is -2.10. The number of esters is 1. The van der Waals surface area contributed by atoms with Crippen LogP contribution in [0.5, 0.6) is 5.75 Å². The van der Waals surface area contributed by atoms with E-state index in [4.69, 9.17) is 9.47 Å². The van der Waals surface area contributed by atoms with Crippen LogP contribution in [0.15, 0.2) is 34.1 Å². The molecule has 0 spiro atoms. The van der Waals surface area contributed by atoms with Crippen LogP contribution in [0.3, 0.4) is 0 Å². The predicted molar refractivity (Wildman–Crippen MR) is 106 cm³/mol. The van der Waals surface area contributed by atoms with Crippen LogP contribution >= 0.6 is 11.8 Å². The summed E-state index contributed by atoms with van der Waals surface area (Å²) in [5.41, 5.74) is 1.04. The zero-order valence-corrected chi connectivity index (χ0v) is 16.9. The number of benzene rings is 1. The van der Waals surface area contributed by atoms with Crippen LogP contribution in [0.2, 0.25) is 0 Å². The molecule has 9 heteroatoms. The Morgan fingerprint density at radius 1 is 1.25 bits per heavy atom. The first-order valence-corrected chi connectivity index (χ1v) is 9.73. The molecule has 0 aliphatic carbocycles. The van der Waals surface area contributed by atoms with Crippen LogP contribution in [-0.2, 0) is 16.0 Å². The number of hydrogen-bond acceptors (Lipinski definition) is 7. The fraction of sp³-hybridized carbons (Fsp3) is 0.368. The van der Waals surface area contributed by atoms with E-state index in [0.717, 1.165) is 23.1 Å². The first-order valence-electron chi connectivity index (χ1n) is 8.75. The molecule has 0 fully saturated rings. The number of thioether (sulfide) groups is 1. The molecule has 28 heavy (non-hydrogen) atoms. The second kappa shape index (κ2) is 10.5. The van der Waals surface area contributed by atoms with Crippen molar-refractivity contribution in [3.63, 3.8) is 0 Å². The smallest absolute Gasteiger partial charge is 0.346 e. The Bertz CT molecular complexity index is 880. The topological polar surface area (TPSA) is 110 Å². The van der Waals surface area contributed by atoms with Gasteiger partial charge in [-0.3, -0.25) is 4.79 Å². The molecule has 0 aliphatic heterocycles. The van der Waals surface area contributed by atoms with Gasteiger partial charge in [0.2, 0.25) is 5.91 Å². The van der Waals surface area contributed by atoms with Crippen molar-refractivity contribution in [3.8, 4) is 5.75 Å². The van der Waals surface area contributed by atoms with Gasteiger partial charge < -0.3 is 19.8 Å². The Balaban J connectivity index is 1.91. The third-order valence-electron chi connectivity index (χ3n) is 3.80. The molecule has 0 saturated heterocycles. The summed E-state index contributed by atoms with van der Waals surface area (Å²) in [6.45, 7) is 3.95. The van der Waals surface area contributed by atoms with E-state index in [1.165, 1.54) is 0 Å². The molecule has 8 nitrogen and oxygen atoms in total. The number of aromatic nitrogens is 2. The number of aromatic amines is 1. The first-order chi connectivity index (χ1) is 13.4. The molecule has 0 saturated carbocycles. The van der Waals surface area contributed by atoms with Gasteiger partial charge >= 0.3 is 11.7 Å². The molecule has 2 aromatic rings. The monoisotopic (exact) mass is 405 g/mol. The van der Waals surface area contributed by atoms with Crippen molar-refractivity contribution in [1.29, 1.82) is 0 Å². The molecular weight excluding hydrogens is 382 g/mol. The van der Waals surface area contributed by atoms with Crippen molar-refractivity contribution in [2.45, 2.75) is 25.3 Å². The van der Waals surface area contributed by atoms with Crippen molar-refractivity contribution in [1.82, 2.24) is 15.3 Å². The second-order valence-electron chi connectivity index (χ2n) is 5.80. The lowest BCUT2D eigenvalue weighted by Crippen LogP contribution is -2.28. The van der Waals surface area contributed by atoms with E-state index in [1.54, 1.807) is 21.0 Å². The largest absolute Gasteiger partial charge is 0.497 e. The Hall–Kier alpha value is -2.81. The average Bonchev–Trinajstić information content (AvgIpc) is 2.66. The van der Waals surface area contributed by atoms with E-state index in [2.05, 4.69) is 15.3 Å². The summed E-state index contributed by atoms with van der Waals surface area (Å²) >= 11 is 1.03. The highest BCUT2D eigenvalue weighted by molar-refractivity contribution is 8.00. The number of methoxy groups -OCH3 is 1. The maximum Gasteiger partial charge on any atom is 0.346 e. The average molecular weight is 405 g/mol. The second-order valence-corrected chi connectivity index (χ2v) is 6.77. The summed E-state index contributed by atoms with van der Waals surface area (Å²) in [5.74, 6) is 0.0201. The van der Waals surface area contributed by atoms with E-state index in [0.29, 0.717) is 18.7 Å². The molecule has 1 aromatic heterocycles. The molecule has 1 heterocycles. The van der Waals surface area contributed by atoms with Gasteiger partial charge in [0.1, 0.15) is 16.3 Å². The van der Waals surface area contributed by atoms with Crippen LogP contribution in [0, 0.1) is 6.92 Å². The molecule has 0 aliphatic rings. The van der Waals surface area contributed by atoms with Crippen molar-refractivity contribution in [3.05, 3.63) is 51.6 Å². The van der Waals surface area contributed by atoms with Gasteiger partial charge in [-0.15, -0.1) is 0 Å². The highest BCUT2D eigenvalue weighted by Gasteiger charge is 2.19. The highest BCUT2D eigenvalue weighted by atomic mass is 32.2. The highest BCUT2D eigenvalue weighted by Crippen LogP contribution is 2.21. The summed E-state index contributed by atoms with van der Waals surface area (Å²) < 4.78 is 10.1. The van der Waals surface area contributed by atoms with Gasteiger partial charge in [0, 0.05) is 12.2 Å². The third-order valence-corrected chi connectivity index (χ3v) is 4.78. The van der Waals surface area contributed by atoms with Gasteiger partial charge in [0.25, 0.3) is 0 Å². The standard InChI is InChI=1S/C19H23N3O5S/c1-4-27-18(24)16-12(2)21-19(25)22-17(16)28-11-15(23)20-10-9-13-5-7-14(26-3)8-6-13/h5-8H,4,9-11H2,1-3H3,(H,20,23)(H,21,22,25). The van der Waals surface area contributed by atoms with E-state index < -0.39 is 11.7 Å². The number of ether oxygens (including phenoxy) is 2. The maximum atomic E-state index is 12.1. The fourth-order valence-electron chi connectivity index (χ4n) is 2.43. The summed E-state index contributed by atoms with van der Waals surface area (Å²) in [6.07, 6.45) is 0.677. The number of nitrogens with one attached hydrogen (secondary N) is 2. The van der Waals surface area contributed by atoms with Gasteiger partial charge in [-0.25, -0.2) is 9.59 Å². The molecule has 0 unspecified atom stereocenters. The molecule has 1 amide bonds. The normalized spacial score (nSPS) is 10.4. The van der Waals surface area contributed by atoms with E-state index >= 15 is 0 Å². The maximum absolute atomic E-state index is 12.1. The van der Waals surface area contributed by atoms with Crippen molar-refractivity contribution < 1.29 is 19.1 Å². The van der Waals surface area contributed by atoms with E-state index in [9.17, 15) is 14.4 Å². The Morgan fingerprint density at radius 3 is 2.61 bits per heavy atom. The van der Waals surface area contributed by atoms with Crippen LogP contribution < -0.4 is 15.7 Å². The number of rotatable bonds is 9. The molecule has 1 aromatic carbocycles. The minimum absolute atomic E-state index is 0.0326. The van der Waals surface area contributed by atoms with Crippen LogP contribution in [-0.4, -0.2) is 47.9 Å². The quantitative estimate of drug-likeness (QED) is 0.371. The predicted octanol–water partition coefficient (Wildman–Crippen LogP) is 1.71. The lowest BCUT2D eigenvalue weighted by molar-refractivity contribution is -0.118. The van der Waals surface area contributed by atoms with Gasteiger partial charge in [0.15, 0.2) is 0 Å². The number of carbonyl (C=O) groups excluding carboxylic acids is 2. The minimum Gasteiger partial charge on any atom is -0.497 e. The Labute approximate surface area is 167 Å². The van der Waals surface area contributed by atoms with Crippen molar-refractivity contribution in [2.24, 2.45) is 0 Å². The van der Waals surface area contributed by atoms with Gasteiger partial charge in [0.05, 0.1) is 19.5 Å². The number of carbonyl (C=O) groups is 2. The molecule has 0 atom stereocenters. The van der Waals surface area contributed by atoms with Crippen LogP contribution in [0.4, 0.5) is 0 Å². The number of hydrogen-bond donors (Lipinski definition) is 2. The van der Waals surface area contributed by atoms with Crippen molar-refractivity contribution >= 4 is 23.6 Å².